The van der Waals surface area contributed by atoms with Crippen molar-refractivity contribution in [3.63, 3.8) is 0 Å². The minimum Gasteiger partial charge on any atom is -0.322 e. The van der Waals surface area contributed by atoms with E-state index in [9.17, 15) is 4.79 Å². The molecule has 0 aliphatic rings. The molecule has 0 spiro atoms. The number of anilines is 1. The van der Waals surface area contributed by atoms with Crippen molar-refractivity contribution in [2.75, 3.05) is 11.6 Å². The maximum Gasteiger partial charge on any atom is 0.257 e. The van der Waals surface area contributed by atoms with Crippen LogP contribution < -0.4 is 5.32 Å². The molecular weight excluding hydrogens is 296 g/mol. The van der Waals surface area contributed by atoms with Gasteiger partial charge in [-0.05, 0) is 37.4 Å². The summed E-state index contributed by atoms with van der Waals surface area (Å²) in [6.07, 6.45) is 3.58. The number of fused-ring (bicyclic) bond motifs is 1. The summed E-state index contributed by atoms with van der Waals surface area (Å²) in [4.78, 5) is 17.8. The molecule has 0 bridgehead atoms. The summed E-state index contributed by atoms with van der Waals surface area (Å²) in [5.41, 5.74) is 2.94. The lowest BCUT2D eigenvalue weighted by Crippen LogP contribution is -2.12. The number of thioether (sulfide) groups is 1. The lowest BCUT2D eigenvalue weighted by Gasteiger charge is -2.06. The molecule has 1 N–H and O–H groups in total. The highest BCUT2D eigenvalue weighted by Crippen LogP contribution is 2.20. The SMILES string of the molecule is CSc1cccc(NC(=O)c2cnc3c(c2)c(C)nn3C)c1. The first-order valence-electron chi connectivity index (χ1n) is 6.83. The van der Waals surface area contributed by atoms with Gasteiger partial charge in [0.2, 0.25) is 0 Å². The van der Waals surface area contributed by atoms with Crippen molar-refractivity contribution in [3.8, 4) is 0 Å². The molecule has 1 aromatic carbocycles. The van der Waals surface area contributed by atoms with E-state index in [2.05, 4.69) is 15.4 Å². The Morgan fingerprint density at radius 2 is 2.14 bits per heavy atom. The first kappa shape index (κ1) is 14.6. The minimum atomic E-state index is -0.170. The number of hydrogen-bond donors (Lipinski definition) is 1. The van der Waals surface area contributed by atoms with Crippen LogP contribution in [0.3, 0.4) is 0 Å². The van der Waals surface area contributed by atoms with Gasteiger partial charge in [-0.3, -0.25) is 9.48 Å². The van der Waals surface area contributed by atoms with Crippen LogP contribution in [0.5, 0.6) is 0 Å². The number of carbonyl (C=O) groups is 1. The van der Waals surface area contributed by atoms with Crippen LogP contribution in [-0.2, 0) is 7.05 Å². The molecule has 22 heavy (non-hydrogen) atoms. The smallest absolute Gasteiger partial charge is 0.257 e. The Kier molecular flexibility index (Phi) is 3.85. The normalized spacial score (nSPS) is 10.9. The number of nitrogens with zero attached hydrogens (tertiary/aromatic N) is 3. The largest absolute Gasteiger partial charge is 0.322 e. The molecule has 3 rings (SSSR count). The summed E-state index contributed by atoms with van der Waals surface area (Å²) >= 11 is 1.64. The van der Waals surface area contributed by atoms with E-state index in [0.717, 1.165) is 27.3 Å². The summed E-state index contributed by atoms with van der Waals surface area (Å²) in [5, 5.41) is 8.12. The fourth-order valence-corrected chi connectivity index (χ4v) is 2.80. The standard InChI is InChI=1S/C16H16N4OS/c1-10-14-7-11(9-17-15(14)20(2)19-10)16(21)18-12-5-4-6-13(8-12)22-3/h4-9H,1-3H3,(H,18,21). The number of rotatable bonds is 3. The first-order valence-corrected chi connectivity index (χ1v) is 8.05. The number of hydrogen-bond acceptors (Lipinski definition) is 4. The number of aryl methyl sites for hydroxylation is 2. The second kappa shape index (κ2) is 5.81. The van der Waals surface area contributed by atoms with Gasteiger partial charge in [0.25, 0.3) is 5.91 Å². The van der Waals surface area contributed by atoms with Crippen LogP contribution in [0.1, 0.15) is 16.1 Å². The van der Waals surface area contributed by atoms with Crippen LogP contribution in [-0.4, -0.2) is 26.9 Å². The Bertz CT molecular complexity index is 856. The number of pyridine rings is 1. The highest BCUT2D eigenvalue weighted by atomic mass is 32.2. The summed E-state index contributed by atoms with van der Waals surface area (Å²) in [6, 6.07) is 9.59. The van der Waals surface area contributed by atoms with Crippen molar-refractivity contribution in [1.29, 1.82) is 0 Å². The highest BCUT2D eigenvalue weighted by molar-refractivity contribution is 7.98. The third kappa shape index (κ3) is 2.69. The van der Waals surface area contributed by atoms with Crippen LogP contribution in [0.15, 0.2) is 41.4 Å². The molecule has 0 unspecified atom stereocenters. The van der Waals surface area contributed by atoms with Gasteiger partial charge in [0.15, 0.2) is 5.65 Å². The average molecular weight is 312 g/mol. The van der Waals surface area contributed by atoms with E-state index in [4.69, 9.17) is 0 Å². The van der Waals surface area contributed by atoms with E-state index < -0.39 is 0 Å². The number of amides is 1. The van der Waals surface area contributed by atoms with Gasteiger partial charge in [0.1, 0.15) is 0 Å². The van der Waals surface area contributed by atoms with Gasteiger partial charge < -0.3 is 5.32 Å². The van der Waals surface area contributed by atoms with Gasteiger partial charge in [-0.25, -0.2) is 4.98 Å². The predicted molar refractivity (Wildman–Crippen MR) is 89.4 cm³/mol. The van der Waals surface area contributed by atoms with E-state index in [-0.39, 0.29) is 5.91 Å². The van der Waals surface area contributed by atoms with Crippen LogP contribution in [0.2, 0.25) is 0 Å². The second-order valence-electron chi connectivity index (χ2n) is 4.99. The molecule has 5 nitrogen and oxygen atoms in total. The van der Waals surface area contributed by atoms with E-state index in [1.54, 1.807) is 22.6 Å². The zero-order valence-corrected chi connectivity index (χ0v) is 13.4. The fraction of sp³-hybridized carbons (Fsp3) is 0.188. The molecule has 0 fully saturated rings. The lowest BCUT2D eigenvalue weighted by molar-refractivity contribution is 0.102. The van der Waals surface area contributed by atoms with Crippen molar-refractivity contribution in [1.82, 2.24) is 14.8 Å². The van der Waals surface area contributed by atoms with Crippen LogP contribution in [0.4, 0.5) is 5.69 Å². The van der Waals surface area contributed by atoms with Gasteiger partial charge in [0.05, 0.1) is 11.3 Å². The van der Waals surface area contributed by atoms with E-state index in [1.807, 2.05) is 50.6 Å². The first-order chi connectivity index (χ1) is 10.6. The van der Waals surface area contributed by atoms with Crippen molar-refractivity contribution in [2.45, 2.75) is 11.8 Å². The van der Waals surface area contributed by atoms with Crippen LogP contribution in [0, 0.1) is 6.92 Å². The molecule has 0 radical (unpaired) electrons. The minimum absolute atomic E-state index is 0.170. The zero-order chi connectivity index (χ0) is 15.7. The molecule has 2 aromatic heterocycles. The van der Waals surface area contributed by atoms with Crippen molar-refractivity contribution in [2.24, 2.45) is 7.05 Å². The number of nitrogens with one attached hydrogen (secondary N) is 1. The Morgan fingerprint density at radius 1 is 1.32 bits per heavy atom. The van der Waals surface area contributed by atoms with E-state index in [0.29, 0.717) is 5.56 Å². The van der Waals surface area contributed by atoms with Crippen LogP contribution in [0.25, 0.3) is 11.0 Å². The quantitative estimate of drug-likeness (QED) is 0.754. The monoisotopic (exact) mass is 312 g/mol. The van der Waals surface area contributed by atoms with Gasteiger partial charge >= 0.3 is 0 Å². The molecule has 3 aromatic rings. The Balaban J connectivity index is 1.90. The van der Waals surface area contributed by atoms with Gasteiger partial charge in [-0.2, -0.15) is 5.10 Å². The molecule has 1 amide bonds. The molecule has 0 aliphatic heterocycles. The molecule has 0 aliphatic carbocycles. The summed E-state index contributed by atoms with van der Waals surface area (Å²) in [5.74, 6) is -0.170. The van der Waals surface area contributed by atoms with Crippen LogP contribution >= 0.6 is 11.8 Å². The average Bonchev–Trinajstić information content (AvgIpc) is 2.81. The maximum atomic E-state index is 12.4. The Labute approximate surface area is 132 Å². The highest BCUT2D eigenvalue weighted by Gasteiger charge is 2.12. The van der Waals surface area contributed by atoms with Crippen molar-refractivity contribution in [3.05, 3.63) is 47.8 Å². The topological polar surface area (TPSA) is 59.8 Å². The molecule has 0 saturated carbocycles. The number of carbonyl (C=O) groups excluding carboxylic acids is 1. The van der Waals surface area contributed by atoms with Gasteiger partial charge in [0, 0.05) is 29.2 Å². The Hall–Kier alpha value is -2.34. The van der Waals surface area contributed by atoms with E-state index >= 15 is 0 Å². The molecule has 6 heteroatoms. The van der Waals surface area contributed by atoms with Gasteiger partial charge in [-0.1, -0.05) is 6.07 Å². The number of aromatic nitrogens is 3. The lowest BCUT2D eigenvalue weighted by atomic mass is 10.2. The molecule has 112 valence electrons. The summed E-state index contributed by atoms with van der Waals surface area (Å²) in [6.45, 7) is 1.91. The Morgan fingerprint density at radius 3 is 2.91 bits per heavy atom. The molecule has 0 saturated heterocycles. The summed E-state index contributed by atoms with van der Waals surface area (Å²) in [7, 11) is 1.84. The third-order valence-corrected chi connectivity index (χ3v) is 4.18. The van der Waals surface area contributed by atoms with E-state index in [1.165, 1.54) is 0 Å². The predicted octanol–water partition coefficient (Wildman–Crippen LogP) is 3.25. The third-order valence-electron chi connectivity index (χ3n) is 3.45. The summed E-state index contributed by atoms with van der Waals surface area (Å²) < 4.78 is 1.72. The van der Waals surface area contributed by atoms with Gasteiger partial charge in [-0.15, -0.1) is 11.8 Å². The molecule has 2 heterocycles. The molecular formula is C16H16N4OS. The second-order valence-corrected chi connectivity index (χ2v) is 5.87. The maximum absolute atomic E-state index is 12.4. The van der Waals surface area contributed by atoms with Crippen molar-refractivity contribution < 1.29 is 4.79 Å². The molecule has 0 atom stereocenters. The van der Waals surface area contributed by atoms with Crippen molar-refractivity contribution >= 4 is 34.4 Å². The fourth-order valence-electron chi connectivity index (χ4n) is 2.34. The number of benzene rings is 1. The zero-order valence-electron chi connectivity index (χ0n) is 12.6.